The summed E-state index contributed by atoms with van der Waals surface area (Å²) in [5, 5.41) is 8.86. The molecular weight excluding hydrogens is 222 g/mol. The topological polar surface area (TPSA) is 40.5 Å². The number of hydrogen-bond acceptors (Lipinski definition) is 3. The Kier molecular flexibility index (Phi) is 6.88. The maximum absolute atomic E-state index is 10.8. The summed E-state index contributed by atoms with van der Waals surface area (Å²) in [6.45, 7) is 4.36. The summed E-state index contributed by atoms with van der Waals surface area (Å²) in [5.41, 5.74) is 0. The van der Waals surface area contributed by atoms with Crippen LogP contribution in [-0.4, -0.2) is 46.6 Å². The van der Waals surface area contributed by atoms with Crippen LogP contribution in [0.25, 0.3) is 0 Å². The monoisotopic (exact) mass is 245 g/mol. The number of rotatable bonds is 7. The average Bonchev–Trinajstić information content (AvgIpc) is 2.26. The quantitative estimate of drug-likeness (QED) is 0.700. The zero-order valence-electron chi connectivity index (χ0n) is 10.2. The van der Waals surface area contributed by atoms with Gasteiger partial charge in [-0.1, -0.05) is 26.2 Å². The number of nitrogens with zero attached hydrogens (tertiary/aromatic N) is 1. The fourth-order valence-corrected chi connectivity index (χ4v) is 3.25. The third-order valence-corrected chi connectivity index (χ3v) is 4.15. The molecule has 0 radical (unpaired) electrons. The lowest BCUT2D eigenvalue weighted by atomic mass is 10.1. The van der Waals surface area contributed by atoms with Gasteiger partial charge in [0.15, 0.2) is 0 Å². The van der Waals surface area contributed by atoms with Crippen molar-refractivity contribution in [2.45, 2.75) is 45.1 Å². The van der Waals surface area contributed by atoms with Crippen molar-refractivity contribution in [3.05, 3.63) is 0 Å². The molecule has 0 amide bonds. The molecule has 16 heavy (non-hydrogen) atoms. The fourth-order valence-electron chi connectivity index (χ4n) is 2.11. The van der Waals surface area contributed by atoms with Crippen LogP contribution in [0.4, 0.5) is 0 Å². The van der Waals surface area contributed by atoms with Crippen LogP contribution < -0.4 is 0 Å². The number of carboxylic acid groups (broad SMARTS) is 1. The molecule has 1 heterocycles. The highest BCUT2D eigenvalue weighted by atomic mass is 32.2. The maximum Gasteiger partial charge on any atom is 0.304 e. The summed E-state index contributed by atoms with van der Waals surface area (Å²) in [7, 11) is 0. The minimum Gasteiger partial charge on any atom is -0.481 e. The van der Waals surface area contributed by atoms with Crippen LogP contribution >= 0.6 is 11.8 Å². The van der Waals surface area contributed by atoms with Crippen LogP contribution in [0.15, 0.2) is 0 Å². The lowest BCUT2D eigenvalue weighted by Crippen LogP contribution is -2.43. The second-order valence-corrected chi connectivity index (χ2v) is 5.57. The van der Waals surface area contributed by atoms with Gasteiger partial charge in [-0.2, -0.15) is 11.8 Å². The summed E-state index contributed by atoms with van der Waals surface area (Å²) in [5.74, 6) is 1.48. The van der Waals surface area contributed by atoms with Gasteiger partial charge in [-0.05, 0) is 13.0 Å². The molecule has 0 saturated carbocycles. The van der Waals surface area contributed by atoms with E-state index in [1.54, 1.807) is 0 Å². The van der Waals surface area contributed by atoms with Gasteiger partial charge in [0.2, 0.25) is 0 Å². The van der Waals surface area contributed by atoms with E-state index >= 15 is 0 Å². The van der Waals surface area contributed by atoms with E-state index in [1.807, 2.05) is 11.8 Å². The number of carbonyl (C=O) groups is 1. The smallest absolute Gasteiger partial charge is 0.304 e. The van der Waals surface area contributed by atoms with Crippen molar-refractivity contribution in [2.24, 2.45) is 0 Å². The minimum atomic E-state index is -0.661. The lowest BCUT2D eigenvalue weighted by Gasteiger charge is -2.34. The zero-order valence-corrected chi connectivity index (χ0v) is 11.0. The normalized spacial score (nSPS) is 22.2. The Hall–Kier alpha value is -0.220. The van der Waals surface area contributed by atoms with Crippen molar-refractivity contribution in [2.75, 3.05) is 24.6 Å². The predicted molar refractivity (Wildman–Crippen MR) is 69.1 cm³/mol. The summed E-state index contributed by atoms with van der Waals surface area (Å²) in [6, 6.07) is 0.262. The van der Waals surface area contributed by atoms with Crippen molar-refractivity contribution in [1.29, 1.82) is 0 Å². The van der Waals surface area contributed by atoms with Crippen LogP contribution in [0.3, 0.4) is 0 Å². The average molecular weight is 245 g/mol. The van der Waals surface area contributed by atoms with Crippen molar-refractivity contribution in [3.8, 4) is 0 Å². The van der Waals surface area contributed by atoms with Crippen LogP contribution in [-0.2, 0) is 4.79 Å². The van der Waals surface area contributed by atoms with Gasteiger partial charge in [-0.25, -0.2) is 0 Å². The molecule has 1 aliphatic rings. The van der Waals surface area contributed by atoms with Crippen LogP contribution in [0.2, 0.25) is 0 Å². The van der Waals surface area contributed by atoms with E-state index in [9.17, 15) is 4.79 Å². The molecule has 0 aromatic carbocycles. The number of carboxylic acids is 1. The van der Waals surface area contributed by atoms with Gasteiger partial charge in [0, 0.05) is 24.1 Å². The Labute approximate surface area is 103 Å². The van der Waals surface area contributed by atoms with Gasteiger partial charge in [0.25, 0.3) is 0 Å². The molecular formula is C12H23NO2S. The summed E-state index contributed by atoms with van der Waals surface area (Å²) in [4.78, 5) is 13.1. The molecule has 1 atom stereocenters. The SMILES string of the molecule is CCCCCCN1CCSCC1CC(=O)O. The molecule has 1 aliphatic heterocycles. The van der Waals surface area contributed by atoms with Gasteiger partial charge >= 0.3 is 5.97 Å². The minimum absolute atomic E-state index is 0.262. The van der Waals surface area contributed by atoms with Crippen LogP contribution in [0.1, 0.15) is 39.0 Å². The molecule has 0 bridgehead atoms. The number of thioether (sulfide) groups is 1. The third kappa shape index (κ3) is 5.21. The molecule has 1 saturated heterocycles. The second kappa shape index (κ2) is 7.96. The number of unbranched alkanes of at least 4 members (excludes halogenated alkanes) is 3. The highest BCUT2D eigenvalue weighted by Crippen LogP contribution is 2.19. The molecule has 1 unspecified atom stereocenters. The summed E-state index contributed by atoms with van der Waals surface area (Å²) < 4.78 is 0. The van der Waals surface area contributed by atoms with Gasteiger partial charge in [0.1, 0.15) is 0 Å². The standard InChI is InChI=1S/C12H23NO2S/c1-2-3-4-5-6-13-7-8-16-10-11(13)9-12(14)15/h11H,2-10H2,1H3,(H,14,15). The molecule has 0 aromatic heterocycles. The van der Waals surface area contributed by atoms with Crippen LogP contribution in [0, 0.1) is 0 Å². The maximum atomic E-state index is 10.8. The largest absolute Gasteiger partial charge is 0.481 e. The van der Waals surface area contributed by atoms with Crippen LogP contribution in [0.5, 0.6) is 0 Å². The Morgan fingerprint density at radius 2 is 2.25 bits per heavy atom. The lowest BCUT2D eigenvalue weighted by molar-refractivity contribution is -0.138. The molecule has 3 nitrogen and oxygen atoms in total. The molecule has 0 spiro atoms. The molecule has 94 valence electrons. The molecule has 1 fully saturated rings. The highest BCUT2D eigenvalue weighted by molar-refractivity contribution is 7.99. The summed E-state index contributed by atoms with van der Waals surface area (Å²) >= 11 is 1.89. The highest BCUT2D eigenvalue weighted by Gasteiger charge is 2.24. The first-order chi connectivity index (χ1) is 7.74. The number of hydrogen-bond donors (Lipinski definition) is 1. The Morgan fingerprint density at radius 1 is 1.44 bits per heavy atom. The molecule has 1 N–H and O–H groups in total. The Morgan fingerprint density at radius 3 is 2.94 bits per heavy atom. The first kappa shape index (κ1) is 13.8. The molecule has 0 aliphatic carbocycles. The number of aliphatic carboxylic acids is 1. The van der Waals surface area contributed by atoms with E-state index in [4.69, 9.17) is 5.11 Å². The van der Waals surface area contributed by atoms with Gasteiger partial charge in [0.05, 0.1) is 6.42 Å². The van der Waals surface area contributed by atoms with Crippen molar-refractivity contribution >= 4 is 17.7 Å². The first-order valence-corrected chi connectivity index (χ1v) is 7.43. The molecule has 0 aromatic rings. The third-order valence-electron chi connectivity index (χ3n) is 3.06. The van der Waals surface area contributed by atoms with E-state index in [0.717, 1.165) is 24.6 Å². The van der Waals surface area contributed by atoms with E-state index in [-0.39, 0.29) is 6.04 Å². The predicted octanol–water partition coefficient (Wildman–Crippen LogP) is 2.46. The van der Waals surface area contributed by atoms with Gasteiger partial charge < -0.3 is 5.11 Å². The van der Waals surface area contributed by atoms with Gasteiger partial charge in [-0.3, -0.25) is 9.69 Å². The summed E-state index contributed by atoms with van der Waals surface area (Å²) in [6.07, 6.45) is 5.36. The Balaban J connectivity index is 2.26. The molecule has 4 heteroatoms. The molecule has 1 rings (SSSR count). The van der Waals surface area contributed by atoms with Gasteiger partial charge in [-0.15, -0.1) is 0 Å². The zero-order chi connectivity index (χ0) is 11.8. The van der Waals surface area contributed by atoms with Crippen molar-refractivity contribution in [3.63, 3.8) is 0 Å². The van der Waals surface area contributed by atoms with E-state index in [0.29, 0.717) is 6.42 Å². The Bertz CT molecular complexity index is 211. The fraction of sp³-hybridized carbons (Fsp3) is 0.917. The second-order valence-electron chi connectivity index (χ2n) is 4.42. The van der Waals surface area contributed by atoms with E-state index in [2.05, 4.69) is 11.8 Å². The van der Waals surface area contributed by atoms with Crippen molar-refractivity contribution in [1.82, 2.24) is 4.90 Å². The first-order valence-electron chi connectivity index (χ1n) is 6.27. The van der Waals surface area contributed by atoms with E-state index < -0.39 is 5.97 Å². The van der Waals surface area contributed by atoms with Crippen molar-refractivity contribution < 1.29 is 9.90 Å². The van der Waals surface area contributed by atoms with E-state index in [1.165, 1.54) is 25.7 Å².